The summed E-state index contributed by atoms with van der Waals surface area (Å²) in [4.78, 5) is 16.2. The number of nitrogens with zero attached hydrogens (tertiary/aromatic N) is 2. The molecule has 0 spiro atoms. The number of piperazine rings is 1. The first-order valence-electron chi connectivity index (χ1n) is 8.67. The van der Waals surface area contributed by atoms with Crippen molar-refractivity contribution >= 4 is 6.09 Å². The number of nitrogens with one attached hydrogen (secondary N) is 1. The summed E-state index contributed by atoms with van der Waals surface area (Å²) in [7, 11) is 0. The largest absolute Gasteiger partial charge is 0.447 e. The van der Waals surface area contributed by atoms with Crippen LogP contribution in [0.3, 0.4) is 0 Å². The Morgan fingerprint density at radius 1 is 1.33 bits per heavy atom. The Morgan fingerprint density at radius 3 is 2.58 bits per heavy atom. The smallest absolute Gasteiger partial charge is 0.410 e. The lowest BCUT2D eigenvalue weighted by Crippen LogP contribution is -2.49. The van der Waals surface area contributed by atoms with Crippen LogP contribution in [0.15, 0.2) is 24.3 Å². The summed E-state index contributed by atoms with van der Waals surface area (Å²) in [6, 6.07) is 6.65. The molecule has 1 heterocycles. The minimum absolute atomic E-state index is 0.169. The van der Waals surface area contributed by atoms with E-state index in [1.54, 1.807) is 11.0 Å². The van der Waals surface area contributed by atoms with Crippen LogP contribution in [-0.4, -0.2) is 61.3 Å². The number of carbonyl (C=O) groups is 1. The molecule has 1 unspecified atom stereocenters. The number of rotatable bonds is 6. The van der Waals surface area contributed by atoms with Gasteiger partial charge in [-0.25, -0.2) is 9.18 Å². The highest BCUT2D eigenvalue weighted by atomic mass is 19.1. The van der Waals surface area contributed by atoms with Crippen molar-refractivity contribution < 1.29 is 13.9 Å². The van der Waals surface area contributed by atoms with Crippen molar-refractivity contribution in [1.29, 1.82) is 0 Å². The first kappa shape index (κ1) is 18.7. The maximum atomic E-state index is 14.4. The number of halogens is 1. The van der Waals surface area contributed by atoms with Crippen LogP contribution < -0.4 is 5.32 Å². The molecule has 0 radical (unpaired) electrons. The van der Waals surface area contributed by atoms with E-state index in [9.17, 15) is 9.18 Å². The molecule has 24 heavy (non-hydrogen) atoms. The van der Waals surface area contributed by atoms with Crippen molar-refractivity contribution in [3.63, 3.8) is 0 Å². The van der Waals surface area contributed by atoms with Crippen LogP contribution in [0.5, 0.6) is 0 Å². The van der Waals surface area contributed by atoms with E-state index < -0.39 is 0 Å². The fourth-order valence-electron chi connectivity index (χ4n) is 2.97. The maximum Gasteiger partial charge on any atom is 0.410 e. The second-order valence-electron chi connectivity index (χ2n) is 6.29. The predicted molar refractivity (Wildman–Crippen MR) is 92.4 cm³/mol. The fourth-order valence-corrected chi connectivity index (χ4v) is 2.97. The molecule has 1 saturated heterocycles. The summed E-state index contributed by atoms with van der Waals surface area (Å²) in [5.74, 6) is -0.227. The van der Waals surface area contributed by atoms with E-state index >= 15 is 0 Å². The Kier molecular flexibility index (Phi) is 6.99. The standard InChI is InChI=1S/C18H28FN3O2/c1-4-21(18(23)24-14(2)3)13-17(22-11-9-20-10-12-22)15-7-5-6-8-16(15)19/h5-8,14,17,20H,4,9-13H2,1-3H3. The van der Waals surface area contributed by atoms with E-state index in [1.807, 2.05) is 32.9 Å². The average molecular weight is 337 g/mol. The monoisotopic (exact) mass is 337 g/mol. The molecule has 0 aromatic heterocycles. The quantitative estimate of drug-likeness (QED) is 0.867. The van der Waals surface area contributed by atoms with Gasteiger partial charge in [0, 0.05) is 44.8 Å². The lowest BCUT2D eigenvalue weighted by atomic mass is 10.0. The Balaban J connectivity index is 2.21. The molecule has 134 valence electrons. The number of benzene rings is 1. The summed E-state index contributed by atoms with van der Waals surface area (Å²) in [6.07, 6.45) is -0.512. The molecule has 1 amide bonds. The van der Waals surface area contributed by atoms with Crippen LogP contribution >= 0.6 is 0 Å². The normalized spacial score (nSPS) is 16.9. The van der Waals surface area contributed by atoms with Gasteiger partial charge < -0.3 is 15.0 Å². The highest BCUT2D eigenvalue weighted by molar-refractivity contribution is 5.67. The number of hydrogen-bond acceptors (Lipinski definition) is 4. The number of amides is 1. The third-order valence-electron chi connectivity index (χ3n) is 4.23. The Morgan fingerprint density at radius 2 is 2.00 bits per heavy atom. The first-order chi connectivity index (χ1) is 11.5. The van der Waals surface area contributed by atoms with Crippen molar-refractivity contribution in [2.45, 2.75) is 32.9 Å². The van der Waals surface area contributed by atoms with E-state index in [-0.39, 0.29) is 24.1 Å². The van der Waals surface area contributed by atoms with Gasteiger partial charge in [-0.15, -0.1) is 0 Å². The molecule has 2 rings (SSSR count). The highest BCUT2D eigenvalue weighted by Crippen LogP contribution is 2.25. The number of carbonyl (C=O) groups excluding carboxylic acids is 1. The lowest BCUT2D eigenvalue weighted by molar-refractivity contribution is 0.0626. The SMILES string of the molecule is CCN(CC(c1ccccc1F)N1CCNCC1)C(=O)OC(C)C. The van der Waals surface area contributed by atoms with Crippen molar-refractivity contribution in [1.82, 2.24) is 15.1 Å². The van der Waals surface area contributed by atoms with E-state index in [2.05, 4.69) is 10.2 Å². The fraction of sp³-hybridized carbons (Fsp3) is 0.611. The molecule has 1 atom stereocenters. The molecule has 6 heteroatoms. The summed E-state index contributed by atoms with van der Waals surface area (Å²) < 4.78 is 19.7. The van der Waals surface area contributed by atoms with Gasteiger partial charge in [0.25, 0.3) is 0 Å². The summed E-state index contributed by atoms with van der Waals surface area (Å²) in [6.45, 7) is 9.92. The zero-order valence-electron chi connectivity index (χ0n) is 14.8. The molecular formula is C18H28FN3O2. The van der Waals surface area contributed by atoms with E-state index in [4.69, 9.17) is 4.74 Å². The van der Waals surface area contributed by atoms with Gasteiger partial charge in [0.05, 0.1) is 12.1 Å². The summed E-state index contributed by atoms with van der Waals surface area (Å²) >= 11 is 0. The molecule has 1 aliphatic rings. The van der Waals surface area contributed by atoms with Gasteiger partial charge in [0.2, 0.25) is 0 Å². The summed E-state index contributed by atoms with van der Waals surface area (Å²) in [5, 5.41) is 3.31. The third kappa shape index (κ3) is 4.92. The molecule has 1 aliphatic heterocycles. The van der Waals surface area contributed by atoms with E-state index in [0.29, 0.717) is 18.7 Å². The summed E-state index contributed by atoms with van der Waals surface area (Å²) in [5.41, 5.74) is 0.634. The first-order valence-corrected chi connectivity index (χ1v) is 8.67. The average Bonchev–Trinajstić information content (AvgIpc) is 2.57. The van der Waals surface area contributed by atoms with Gasteiger partial charge in [0.15, 0.2) is 0 Å². The highest BCUT2D eigenvalue weighted by Gasteiger charge is 2.28. The van der Waals surface area contributed by atoms with Crippen LogP contribution in [0, 0.1) is 5.82 Å². The molecule has 1 aromatic carbocycles. The van der Waals surface area contributed by atoms with E-state index in [0.717, 1.165) is 26.2 Å². The van der Waals surface area contributed by atoms with Crippen molar-refractivity contribution in [3.05, 3.63) is 35.6 Å². The minimum Gasteiger partial charge on any atom is -0.447 e. The van der Waals surface area contributed by atoms with Crippen LogP contribution in [0.2, 0.25) is 0 Å². The van der Waals surface area contributed by atoms with Gasteiger partial charge in [0.1, 0.15) is 5.82 Å². The maximum absolute atomic E-state index is 14.4. The Bertz CT molecular complexity index is 533. The molecule has 1 fully saturated rings. The van der Waals surface area contributed by atoms with Gasteiger partial charge in [-0.05, 0) is 26.8 Å². The molecule has 1 N–H and O–H groups in total. The lowest BCUT2D eigenvalue weighted by Gasteiger charge is -2.37. The topological polar surface area (TPSA) is 44.8 Å². The van der Waals surface area contributed by atoms with Crippen molar-refractivity contribution in [2.24, 2.45) is 0 Å². The van der Waals surface area contributed by atoms with E-state index in [1.165, 1.54) is 6.07 Å². The second-order valence-corrected chi connectivity index (χ2v) is 6.29. The Labute approximate surface area is 143 Å². The molecule has 0 saturated carbocycles. The number of ether oxygens (including phenoxy) is 1. The predicted octanol–water partition coefficient (Wildman–Crippen LogP) is 2.64. The molecule has 1 aromatic rings. The van der Waals surface area contributed by atoms with Crippen LogP contribution in [0.1, 0.15) is 32.4 Å². The van der Waals surface area contributed by atoms with Crippen molar-refractivity contribution in [3.8, 4) is 0 Å². The minimum atomic E-state index is -0.344. The molecular weight excluding hydrogens is 309 g/mol. The molecule has 0 bridgehead atoms. The van der Waals surface area contributed by atoms with Crippen molar-refractivity contribution in [2.75, 3.05) is 39.3 Å². The second kappa shape index (κ2) is 8.99. The third-order valence-corrected chi connectivity index (χ3v) is 4.23. The number of hydrogen-bond donors (Lipinski definition) is 1. The zero-order valence-corrected chi connectivity index (χ0v) is 14.8. The number of likely N-dealkylation sites (N-methyl/N-ethyl adjacent to an activating group) is 1. The van der Waals surface area contributed by atoms with Gasteiger partial charge in [-0.2, -0.15) is 0 Å². The van der Waals surface area contributed by atoms with Gasteiger partial charge >= 0.3 is 6.09 Å². The van der Waals surface area contributed by atoms with Crippen LogP contribution in [0.4, 0.5) is 9.18 Å². The zero-order chi connectivity index (χ0) is 17.5. The van der Waals surface area contributed by atoms with Crippen LogP contribution in [-0.2, 0) is 4.74 Å². The van der Waals surface area contributed by atoms with Gasteiger partial charge in [-0.3, -0.25) is 4.90 Å². The van der Waals surface area contributed by atoms with Gasteiger partial charge in [-0.1, -0.05) is 18.2 Å². The Hall–Kier alpha value is -1.66. The molecule has 0 aliphatic carbocycles. The van der Waals surface area contributed by atoms with Crippen LogP contribution in [0.25, 0.3) is 0 Å². The molecule has 5 nitrogen and oxygen atoms in total.